The van der Waals surface area contributed by atoms with E-state index < -0.39 is 16.0 Å². The summed E-state index contributed by atoms with van der Waals surface area (Å²) in [5.74, 6) is -0.736. The maximum Gasteiger partial charge on any atom is 0.339 e. The molecule has 7 heteroatoms. The highest BCUT2D eigenvalue weighted by molar-refractivity contribution is 7.89. The Morgan fingerprint density at radius 2 is 2.24 bits per heavy atom. The molecular weight excluding hydrogens is 244 g/mol. The van der Waals surface area contributed by atoms with Crippen LogP contribution in [0.4, 0.5) is 0 Å². The molecule has 0 aromatic heterocycles. The Balaban J connectivity index is 3.03. The van der Waals surface area contributed by atoms with Gasteiger partial charge in [-0.2, -0.15) is 5.26 Å². The zero-order valence-electron chi connectivity index (χ0n) is 9.00. The monoisotopic (exact) mass is 254 g/mol. The normalized spacial score (nSPS) is 10.6. The minimum Gasteiger partial charge on any atom is -0.447 e. The molecular formula is C10H10N2O4S. The van der Waals surface area contributed by atoms with Crippen LogP contribution in [0.2, 0.25) is 0 Å². The fourth-order valence-electron chi connectivity index (χ4n) is 1.09. The van der Waals surface area contributed by atoms with Crippen LogP contribution in [0.25, 0.3) is 0 Å². The molecule has 0 aliphatic rings. The summed E-state index contributed by atoms with van der Waals surface area (Å²) in [4.78, 5) is 11.3. The topological polar surface area (TPSA) is 96.3 Å². The van der Waals surface area contributed by atoms with Gasteiger partial charge in [-0.1, -0.05) is 6.07 Å². The lowest BCUT2D eigenvalue weighted by Gasteiger charge is -2.04. The summed E-state index contributed by atoms with van der Waals surface area (Å²) in [6, 6.07) is 7.03. The van der Waals surface area contributed by atoms with Crippen molar-refractivity contribution in [3.63, 3.8) is 0 Å². The van der Waals surface area contributed by atoms with Crippen LogP contribution in [-0.2, 0) is 14.8 Å². The minimum absolute atomic E-state index is 0.0357. The minimum atomic E-state index is -3.60. The van der Waals surface area contributed by atoms with E-state index in [9.17, 15) is 13.2 Å². The highest BCUT2D eigenvalue weighted by Gasteiger charge is 2.14. The predicted molar refractivity (Wildman–Crippen MR) is 58.6 cm³/mol. The summed E-state index contributed by atoms with van der Waals surface area (Å²) in [5.41, 5.74) is 0.0802. The third-order valence-corrected chi connectivity index (χ3v) is 3.33. The Hall–Kier alpha value is -1.91. The van der Waals surface area contributed by atoms with Crippen LogP contribution in [0.5, 0.6) is 0 Å². The van der Waals surface area contributed by atoms with Gasteiger partial charge in [-0.3, -0.25) is 0 Å². The van der Waals surface area contributed by atoms with E-state index >= 15 is 0 Å². The molecule has 0 spiro atoms. The average molecular weight is 254 g/mol. The van der Waals surface area contributed by atoms with E-state index in [2.05, 4.69) is 9.46 Å². The molecule has 0 fully saturated rings. The first kappa shape index (κ1) is 13.2. The Kier molecular flexibility index (Phi) is 4.20. The predicted octanol–water partition coefficient (Wildman–Crippen LogP) is 0.275. The van der Waals surface area contributed by atoms with Gasteiger partial charge in [0.25, 0.3) is 0 Å². The van der Waals surface area contributed by atoms with Crippen molar-refractivity contribution in [2.45, 2.75) is 4.90 Å². The van der Waals surface area contributed by atoms with Gasteiger partial charge in [-0.25, -0.2) is 17.9 Å². The van der Waals surface area contributed by atoms with Gasteiger partial charge in [0, 0.05) is 0 Å². The highest BCUT2D eigenvalue weighted by Crippen LogP contribution is 2.11. The molecule has 17 heavy (non-hydrogen) atoms. The molecule has 0 atom stereocenters. The summed E-state index contributed by atoms with van der Waals surface area (Å²) in [6.07, 6.45) is 0. The molecule has 0 radical (unpaired) electrons. The molecule has 1 aromatic carbocycles. The Morgan fingerprint density at radius 1 is 1.53 bits per heavy atom. The molecule has 0 amide bonds. The number of esters is 1. The van der Waals surface area contributed by atoms with Crippen LogP contribution in [0, 0.1) is 11.3 Å². The quantitative estimate of drug-likeness (QED) is 0.778. The number of nitrogens with zero attached hydrogens (tertiary/aromatic N) is 1. The highest BCUT2D eigenvalue weighted by atomic mass is 32.2. The molecule has 0 unspecified atom stereocenters. The first-order chi connectivity index (χ1) is 8.01. The third-order valence-electron chi connectivity index (χ3n) is 1.92. The molecule has 0 aliphatic heterocycles. The van der Waals surface area contributed by atoms with Crippen molar-refractivity contribution in [3.8, 4) is 6.07 Å². The number of nitrogens with one attached hydrogen (secondary N) is 1. The number of carbonyl (C=O) groups excluding carboxylic acids is 1. The van der Waals surface area contributed by atoms with Gasteiger partial charge in [0.15, 0.2) is 6.61 Å². The Labute approximate surface area is 98.9 Å². The van der Waals surface area contributed by atoms with E-state index in [4.69, 9.17) is 5.26 Å². The second-order valence-corrected chi connectivity index (χ2v) is 4.86. The number of rotatable bonds is 4. The molecule has 0 saturated heterocycles. The second-order valence-electron chi connectivity index (χ2n) is 2.97. The first-order valence-corrected chi connectivity index (χ1v) is 6.07. The molecule has 90 valence electrons. The summed E-state index contributed by atoms with van der Waals surface area (Å²) in [6.45, 7) is -0.373. The van der Waals surface area contributed by atoms with Crippen LogP contribution >= 0.6 is 0 Å². The second kappa shape index (κ2) is 5.43. The third kappa shape index (κ3) is 3.27. The van der Waals surface area contributed by atoms with Crippen LogP contribution in [0.3, 0.4) is 0 Å². The van der Waals surface area contributed by atoms with Gasteiger partial charge in [0.2, 0.25) is 10.0 Å². The Bertz CT molecular complexity index is 560. The van der Waals surface area contributed by atoms with Gasteiger partial charge in [-0.05, 0) is 25.2 Å². The van der Waals surface area contributed by atoms with Gasteiger partial charge in [0.05, 0.1) is 10.5 Å². The molecule has 0 saturated carbocycles. The van der Waals surface area contributed by atoms with Crippen molar-refractivity contribution in [2.24, 2.45) is 0 Å². The van der Waals surface area contributed by atoms with Crippen LogP contribution in [0.15, 0.2) is 29.2 Å². The Morgan fingerprint density at radius 3 is 2.82 bits per heavy atom. The molecule has 0 aliphatic carbocycles. The zero-order valence-corrected chi connectivity index (χ0v) is 9.82. The molecule has 0 heterocycles. The standard InChI is InChI=1S/C10H10N2O4S/c1-12-17(14,15)9-4-2-3-8(7-9)10(13)16-6-5-11/h2-4,7,12H,6H2,1H3. The molecule has 1 N–H and O–H groups in total. The van der Waals surface area contributed by atoms with Crippen LogP contribution in [-0.4, -0.2) is 28.0 Å². The lowest BCUT2D eigenvalue weighted by molar-refractivity contribution is 0.0554. The van der Waals surface area contributed by atoms with Gasteiger partial charge in [0.1, 0.15) is 6.07 Å². The summed E-state index contributed by atoms with van der Waals surface area (Å²) in [7, 11) is -2.32. The van der Waals surface area contributed by atoms with E-state index in [-0.39, 0.29) is 17.1 Å². The van der Waals surface area contributed by atoms with Crippen LogP contribution in [0.1, 0.15) is 10.4 Å². The largest absolute Gasteiger partial charge is 0.447 e. The summed E-state index contributed by atoms with van der Waals surface area (Å²) >= 11 is 0. The lowest BCUT2D eigenvalue weighted by Crippen LogP contribution is -2.19. The van der Waals surface area contributed by atoms with E-state index in [1.54, 1.807) is 6.07 Å². The fraction of sp³-hybridized carbons (Fsp3) is 0.200. The number of sulfonamides is 1. The zero-order chi connectivity index (χ0) is 12.9. The van der Waals surface area contributed by atoms with E-state index in [0.29, 0.717) is 0 Å². The first-order valence-electron chi connectivity index (χ1n) is 4.59. The van der Waals surface area contributed by atoms with Crippen LogP contribution < -0.4 is 4.72 Å². The summed E-state index contributed by atoms with van der Waals surface area (Å²) < 4.78 is 29.6. The van der Waals surface area contributed by atoms with Gasteiger partial charge < -0.3 is 4.74 Å². The SMILES string of the molecule is CNS(=O)(=O)c1cccc(C(=O)OCC#N)c1. The van der Waals surface area contributed by atoms with Crippen molar-refractivity contribution in [2.75, 3.05) is 13.7 Å². The fourth-order valence-corrected chi connectivity index (χ4v) is 1.86. The summed E-state index contributed by atoms with van der Waals surface area (Å²) in [5, 5.41) is 8.25. The number of hydrogen-bond acceptors (Lipinski definition) is 5. The molecule has 1 aromatic rings. The molecule has 6 nitrogen and oxygen atoms in total. The number of carbonyl (C=O) groups is 1. The van der Waals surface area contributed by atoms with E-state index in [0.717, 1.165) is 0 Å². The maximum absolute atomic E-state index is 11.5. The molecule has 0 bridgehead atoms. The lowest BCUT2D eigenvalue weighted by atomic mass is 10.2. The number of nitriles is 1. The van der Waals surface area contributed by atoms with Crippen molar-refractivity contribution < 1.29 is 17.9 Å². The van der Waals surface area contributed by atoms with Crippen molar-refractivity contribution in [1.82, 2.24) is 4.72 Å². The van der Waals surface area contributed by atoms with Crippen molar-refractivity contribution in [3.05, 3.63) is 29.8 Å². The smallest absolute Gasteiger partial charge is 0.339 e. The van der Waals surface area contributed by atoms with Gasteiger partial charge in [-0.15, -0.1) is 0 Å². The number of ether oxygens (including phenoxy) is 1. The van der Waals surface area contributed by atoms with Crippen molar-refractivity contribution >= 4 is 16.0 Å². The average Bonchev–Trinajstić information content (AvgIpc) is 2.36. The van der Waals surface area contributed by atoms with Crippen molar-refractivity contribution in [1.29, 1.82) is 5.26 Å². The molecule has 1 rings (SSSR count). The van der Waals surface area contributed by atoms with Gasteiger partial charge >= 0.3 is 5.97 Å². The van der Waals surface area contributed by atoms with E-state index in [1.807, 2.05) is 0 Å². The maximum atomic E-state index is 11.5. The van der Waals surface area contributed by atoms with E-state index in [1.165, 1.54) is 31.3 Å². The number of benzene rings is 1. The number of hydrogen-bond donors (Lipinski definition) is 1.